The molecule has 2 atom stereocenters. The molecule has 0 saturated carbocycles. The number of hydrogen-bond acceptors (Lipinski definition) is 3. The van der Waals surface area contributed by atoms with Crippen LogP contribution in [0.15, 0.2) is 0 Å². The van der Waals surface area contributed by atoms with Crippen molar-refractivity contribution in [3.05, 3.63) is 0 Å². The van der Waals surface area contributed by atoms with Crippen LogP contribution in [0.4, 0.5) is 0 Å². The first-order valence-corrected chi connectivity index (χ1v) is 7.58. The van der Waals surface area contributed by atoms with E-state index in [9.17, 15) is 4.79 Å². The Balaban J connectivity index is 0. The largest absolute Gasteiger partial charge is 0.355 e. The van der Waals surface area contributed by atoms with Gasteiger partial charge in [-0.15, -0.1) is 24.8 Å². The van der Waals surface area contributed by atoms with E-state index < -0.39 is 5.54 Å². The highest BCUT2D eigenvalue weighted by molar-refractivity contribution is 5.85. The second kappa shape index (κ2) is 10.7. The fourth-order valence-corrected chi connectivity index (χ4v) is 2.86. The van der Waals surface area contributed by atoms with E-state index in [1.54, 1.807) is 13.8 Å². The van der Waals surface area contributed by atoms with E-state index in [4.69, 9.17) is 5.73 Å². The lowest BCUT2D eigenvalue weighted by molar-refractivity contribution is -0.125. The Morgan fingerprint density at radius 3 is 2.19 bits per heavy atom. The molecule has 1 fully saturated rings. The number of carbonyl (C=O) groups excluding carboxylic acids is 1. The second-order valence-corrected chi connectivity index (χ2v) is 6.89. The van der Waals surface area contributed by atoms with Crippen LogP contribution in [0.5, 0.6) is 0 Å². The van der Waals surface area contributed by atoms with E-state index in [0.717, 1.165) is 37.8 Å². The van der Waals surface area contributed by atoms with Crippen molar-refractivity contribution >= 4 is 30.7 Å². The summed E-state index contributed by atoms with van der Waals surface area (Å²) in [5.74, 6) is 1.58. The topological polar surface area (TPSA) is 58.4 Å². The number of nitrogens with zero attached hydrogens (tertiary/aromatic N) is 1. The molecule has 0 aromatic rings. The van der Waals surface area contributed by atoms with Crippen molar-refractivity contribution in [3.63, 3.8) is 0 Å². The van der Waals surface area contributed by atoms with Gasteiger partial charge in [-0.3, -0.25) is 4.79 Å². The molecule has 0 spiro atoms. The van der Waals surface area contributed by atoms with Crippen molar-refractivity contribution in [1.82, 2.24) is 10.2 Å². The van der Waals surface area contributed by atoms with Crippen LogP contribution in [0.3, 0.4) is 0 Å². The molecule has 0 aromatic heterocycles. The standard InChI is InChI=1S/C15H31N3O.2ClH/c1-12-9-13(2)11-18(10-12)8-6-5-7-17-14(19)15(3,4)16;;/h12-13H,5-11,16H2,1-4H3,(H,17,19);2*1H. The summed E-state index contributed by atoms with van der Waals surface area (Å²) in [6, 6.07) is 0. The smallest absolute Gasteiger partial charge is 0.239 e. The number of hydrogen-bond donors (Lipinski definition) is 2. The van der Waals surface area contributed by atoms with Gasteiger partial charge in [-0.2, -0.15) is 0 Å². The third-order valence-corrected chi connectivity index (χ3v) is 3.72. The lowest BCUT2D eigenvalue weighted by Crippen LogP contribution is -2.49. The quantitative estimate of drug-likeness (QED) is 0.729. The maximum Gasteiger partial charge on any atom is 0.239 e. The Morgan fingerprint density at radius 2 is 1.71 bits per heavy atom. The first-order chi connectivity index (χ1) is 8.79. The maximum atomic E-state index is 11.6. The molecule has 0 aromatic carbocycles. The zero-order valence-electron chi connectivity index (χ0n) is 13.9. The monoisotopic (exact) mass is 341 g/mol. The fraction of sp³-hybridized carbons (Fsp3) is 0.933. The Kier molecular flexibility index (Phi) is 11.8. The number of likely N-dealkylation sites (tertiary alicyclic amines) is 1. The van der Waals surface area contributed by atoms with Gasteiger partial charge in [-0.05, 0) is 51.5 Å². The first kappa shape index (κ1) is 23.2. The maximum absolute atomic E-state index is 11.6. The van der Waals surface area contributed by atoms with Crippen LogP contribution in [-0.2, 0) is 4.79 Å². The molecule has 128 valence electrons. The van der Waals surface area contributed by atoms with Gasteiger partial charge < -0.3 is 16.0 Å². The van der Waals surface area contributed by atoms with Gasteiger partial charge in [0.05, 0.1) is 5.54 Å². The Bertz CT molecular complexity index is 285. The third kappa shape index (κ3) is 9.56. The van der Waals surface area contributed by atoms with Crippen molar-refractivity contribution in [2.24, 2.45) is 17.6 Å². The fourth-order valence-electron chi connectivity index (χ4n) is 2.86. The summed E-state index contributed by atoms with van der Waals surface area (Å²) >= 11 is 0. The first-order valence-electron chi connectivity index (χ1n) is 7.58. The van der Waals surface area contributed by atoms with Gasteiger partial charge in [0.25, 0.3) is 0 Å². The minimum atomic E-state index is -0.766. The molecular formula is C15H33Cl2N3O. The molecule has 2 unspecified atom stereocenters. The Labute approximate surface area is 142 Å². The van der Waals surface area contributed by atoms with Gasteiger partial charge in [0, 0.05) is 19.6 Å². The highest BCUT2D eigenvalue weighted by atomic mass is 35.5. The van der Waals surface area contributed by atoms with E-state index >= 15 is 0 Å². The summed E-state index contributed by atoms with van der Waals surface area (Å²) in [7, 11) is 0. The van der Waals surface area contributed by atoms with Gasteiger partial charge in [-0.1, -0.05) is 13.8 Å². The number of piperidine rings is 1. The molecular weight excluding hydrogens is 309 g/mol. The zero-order valence-corrected chi connectivity index (χ0v) is 15.5. The Hall–Kier alpha value is -0.0300. The summed E-state index contributed by atoms with van der Waals surface area (Å²) in [6.07, 6.45) is 3.53. The average Bonchev–Trinajstić information content (AvgIpc) is 2.25. The van der Waals surface area contributed by atoms with Crippen molar-refractivity contribution in [3.8, 4) is 0 Å². The SMILES string of the molecule is CC1CC(C)CN(CCCCNC(=O)C(C)(C)N)C1.Cl.Cl. The van der Waals surface area contributed by atoms with Gasteiger partial charge in [0.2, 0.25) is 5.91 Å². The van der Waals surface area contributed by atoms with Crippen LogP contribution in [-0.4, -0.2) is 42.5 Å². The molecule has 6 heteroatoms. The lowest BCUT2D eigenvalue weighted by atomic mass is 9.92. The predicted octanol–water partition coefficient (Wildman–Crippen LogP) is 2.44. The number of halogens is 2. The third-order valence-electron chi connectivity index (χ3n) is 3.72. The van der Waals surface area contributed by atoms with Crippen LogP contribution in [0.2, 0.25) is 0 Å². The minimum absolute atomic E-state index is 0. The number of rotatable bonds is 6. The van der Waals surface area contributed by atoms with Crippen molar-refractivity contribution < 1.29 is 4.79 Å². The summed E-state index contributed by atoms with van der Waals surface area (Å²) in [5, 5.41) is 2.90. The number of nitrogens with one attached hydrogen (secondary N) is 1. The van der Waals surface area contributed by atoms with E-state index in [0.29, 0.717) is 0 Å². The normalized spacial score (nSPS) is 22.9. The summed E-state index contributed by atoms with van der Waals surface area (Å²) in [6.45, 7) is 12.5. The molecule has 0 aliphatic carbocycles. The second-order valence-electron chi connectivity index (χ2n) is 6.89. The molecule has 0 bridgehead atoms. The van der Waals surface area contributed by atoms with Gasteiger partial charge >= 0.3 is 0 Å². The molecule has 21 heavy (non-hydrogen) atoms. The molecule has 1 amide bonds. The van der Waals surface area contributed by atoms with E-state index in [2.05, 4.69) is 24.1 Å². The average molecular weight is 342 g/mol. The van der Waals surface area contributed by atoms with Gasteiger partial charge in [0.1, 0.15) is 0 Å². The molecule has 1 aliphatic rings. The number of unbranched alkanes of at least 4 members (excludes halogenated alkanes) is 1. The molecule has 0 radical (unpaired) electrons. The minimum Gasteiger partial charge on any atom is -0.355 e. The number of nitrogens with two attached hydrogens (primary N) is 1. The highest BCUT2D eigenvalue weighted by Crippen LogP contribution is 2.20. The molecule has 1 saturated heterocycles. The summed E-state index contributed by atoms with van der Waals surface area (Å²) < 4.78 is 0. The van der Waals surface area contributed by atoms with Gasteiger partial charge in [0.15, 0.2) is 0 Å². The van der Waals surface area contributed by atoms with Crippen molar-refractivity contribution in [2.45, 2.75) is 52.5 Å². The van der Waals surface area contributed by atoms with Gasteiger partial charge in [-0.25, -0.2) is 0 Å². The van der Waals surface area contributed by atoms with Crippen LogP contribution < -0.4 is 11.1 Å². The van der Waals surface area contributed by atoms with Crippen LogP contribution in [0.25, 0.3) is 0 Å². The van der Waals surface area contributed by atoms with E-state index in [1.807, 2.05) is 0 Å². The van der Waals surface area contributed by atoms with Crippen molar-refractivity contribution in [1.29, 1.82) is 0 Å². The number of carbonyl (C=O) groups is 1. The van der Waals surface area contributed by atoms with E-state index in [-0.39, 0.29) is 30.7 Å². The van der Waals surface area contributed by atoms with Crippen molar-refractivity contribution in [2.75, 3.05) is 26.2 Å². The van der Waals surface area contributed by atoms with Crippen LogP contribution in [0, 0.1) is 11.8 Å². The molecule has 1 heterocycles. The molecule has 4 nitrogen and oxygen atoms in total. The Morgan fingerprint density at radius 1 is 1.19 bits per heavy atom. The zero-order chi connectivity index (χ0) is 14.5. The highest BCUT2D eigenvalue weighted by Gasteiger charge is 2.22. The summed E-state index contributed by atoms with van der Waals surface area (Å²) in [4.78, 5) is 14.1. The molecule has 1 rings (SSSR count). The molecule has 1 aliphatic heterocycles. The van der Waals surface area contributed by atoms with Crippen LogP contribution >= 0.6 is 24.8 Å². The number of amides is 1. The summed E-state index contributed by atoms with van der Waals surface area (Å²) in [5.41, 5.74) is 4.95. The lowest BCUT2D eigenvalue weighted by Gasteiger charge is -2.35. The van der Waals surface area contributed by atoms with E-state index in [1.165, 1.54) is 19.5 Å². The van der Waals surface area contributed by atoms with Crippen LogP contribution in [0.1, 0.15) is 47.0 Å². The molecule has 3 N–H and O–H groups in total. The predicted molar refractivity (Wildman–Crippen MR) is 94.4 cm³/mol.